The van der Waals surface area contributed by atoms with Gasteiger partial charge in [0.25, 0.3) is 5.91 Å². The first kappa shape index (κ1) is 24.4. The molecule has 11 heteroatoms. The Balaban J connectivity index is 1.77. The summed E-state index contributed by atoms with van der Waals surface area (Å²) < 4.78 is 72.2. The minimum atomic E-state index is -4.34. The van der Waals surface area contributed by atoms with Crippen molar-refractivity contribution in [1.29, 1.82) is 0 Å². The highest BCUT2D eigenvalue weighted by molar-refractivity contribution is 5.95. The largest absolute Gasteiger partial charge is 0.485 e. The minimum absolute atomic E-state index is 0.138. The summed E-state index contributed by atoms with van der Waals surface area (Å²) in [7, 11) is 0. The molecule has 1 unspecified atom stereocenters. The first-order valence-electron chi connectivity index (χ1n) is 10.1. The number of fused-ring (bicyclic) bond motifs is 1. The van der Waals surface area contributed by atoms with Gasteiger partial charge in [0.1, 0.15) is 23.9 Å². The third-order valence-corrected chi connectivity index (χ3v) is 5.07. The number of hydrogen-bond donors (Lipinski definition) is 2. The second-order valence-electron chi connectivity index (χ2n) is 8.05. The standard InChI is InChI=1S/C22H23F5N4O2/c1-13-18(20(32)29-12-21(2,28)8-9-22(25,26)27)31-10-4-7-17(19(31)30-13)33-11-14-15(23)5-3-6-16(14)24/h3-7,10H,8-9,11-12,28H2,1-2H3,(H,29,32). The highest BCUT2D eigenvalue weighted by Gasteiger charge is 2.32. The van der Waals surface area contributed by atoms with Gasteiger partial charge in [0.15, 0.2) is 11.4 Å². The van der Waals surface area contributed by atoms with E-state index in [2.05, 4.69) is 10.3 Å². The van der Waals surface area contributed by atoms with Crippen LogP contribution in [0, 0.1) is 18.6 Å². The molecule has 0 aliphatic heterocycles. The third kappa shape index (κ3) is 5.98. The van der Waals surface area contributed by atoms with E-state index in [-0.39, 0.29) is 35.6 Å². The average molecular weight is 470 g/mol. The van der Waals surface area contributed by atoms with Gasteiger partial charge in [-0.3, -0.25) is 9.20 Å². The van der Waals surface area contributed by atoms with Crippen molar-refractivity contribution < 1.29 is 31.5 Å². The summed E-state index contributed by atoms with van der Waals surface area (Å²) in [5.74, 6) is -1.90. The number of amides is 1. The average Bonchev–Trinajstić information content (AvgIpc) is 3.06. The normalized spacial score (nSPS) is 13.7. The van der Waals surface area contributed by atoms with Crippen molar-refractivity contribution in [2.24, 2.45) is 5.73 Å². The maximum absolute atomic E-state index is 13.9. The molecule has 33 heavy (non-hydrogen) atoms. The number of aryl methyl sites for hydroxylation is 1. The van der Waals surface area contributed by atoms with Crippen molar-refractivity contribution in [3.63, 3.8) is 0 Å². The van der Waals surface area contributed by atoms with Gasteiger partial charge in [-0.25, -0.2) is 13.8 Å². The van der Waals surface area contributed by atoms with Gasteiger partial charge in [-0.05, 0) is 44.5 Å². The van der Waals surface area contributed by atoms with Gasteiger partial charge >= 0.3 is 6.18 Å². The molecule has 0 spiro atoms. The number of alkyl halides is 3. The molecule has 3 N–H and O–H groups in total. The highest BCUT2D eigenvalue weighted by atomic mass is 19.4. The maximum Gasteiger partial charge on any atom is 0.389 e. The lowest BCUT2D eigenvalue weighted by molar-refractivity contribution is -0.137. The van der Waals surface area contributed by atoms with E-state index in [0.717, 1.165) is 12.1 Å². The zero-order valence-corrected chi connectivity index (χ0v) is 18.0. The number of rotatable bonds is 8. The lowest BCUT2D eigenvalue weighted by atomic mass is 9.97. The van der Waals surface area contributed by atoms with Crippen LogP contribution in [0.4, 0.5) is 22.0 Å². The smallest absolute Gasteiger partial charge is 0.389 e. The SMILES string of the molecule is Cc1nc2c(OCc3c(F)cccc3F)cccn2c1C(=O)NCC(C)(N)CCC(F)(F)F. The molecular formula is C22H23F5N4O2. The number of aromatic nitrogens is 2. The van der Waals surface area contributed by atoms with Crippen LogP contribution in [-0.2, 0) is 6.61 Å². The topological polar surface area (TPSA) is 81.7 Å². The first-order valence-corrected chi connectivity index (χ1v) is 10.1. The van der Waals surface area contributed by atoms with Gasteiger partial charge in [0, 0.05) is 24.7 Å². The fourth-order valence-electron chi connectivity index (χ4n) is 3.24. The number of halogens is 5. The summed E-state index contributed by atoms with van der Waals surface area (Å²) in [4.78, 5) is 17.1. The Morgan fingerprint density at radius 1 is 1.15 bits per heavy atom. The molecule has 3 rings (SSSR count). The molecule has 0 saturated carbocycles. The Hall–Kier alpha value is -3.21. The third-order valence-electron chi connectivity index (χ3n) is 5.07. The molecule has 0 radical (unpaired) electrons. The molecule has 1 atom stereocenters. The van der Waals surface area contributed by atoms with Crippen LogP contribution >= 0.6 is 0 Å². The molecule has 178 valence electrons. The summed E-state index contributed by atoms with van der Waals surface area (Å²) in [6, 6.07) is 6.58. The van der Waals surface area contributed by atoms with E-state index in [4.69, 9.17) is 10.5 Å². The van der Waals surface area contributed by atoms with Crippen molar-refractivity contribution in [2.75, 3.05) is 6.54 Å². The van der Waals surface area contributed by atoms with Gasteiger partial charge in [0.05, 0.1) is 11.3 Å². The number of imidazole rings is 1. The van der Waals surface area contributed by atoms with E-state index in [9.17, 15) is 26.7 Å². The van der Waals surface area contributed by atoms with Crippen LogP contribution < -0.4 is 15.8 Å². The van der Waals surface area contributed by atoms with Gasteiger partial charge in [-0.2, -0.15) is 13.2 Å². The quantitative estimate of drug-likeness (QED) is 0.482. The van der Waals surface area contributed by atoms with Gasteiger partial charge < -0.3 is 15.8 Å². The monoisotopic (exact) mass is 470 g/mol. The van der Waals surface area contributed by atoms with Crippen molar-refractivity contribution in [3.8, 4) is 5.75 Å². The lowest BCUT2D eigenvalue weighted by Gasteiger charge is -2.25. The van der Waals surface area contributed by atoms with Crippen LogP contribution in [0.1, 0.15) is 41.5 Å². The molecule has 0 bridgehead atoms. The molecule has 1 amide bonds. The van der Waals surface area contributed by atoms with Crippen LogP contribution in [0.5, 0.6) is 5.75 Å². The molecule has 3 aromatic rings. The van der Waals surface area contributed by atoms with E-state index >= 15 is 0 Å². The molecule has 6 nitrogen and oxygen atoms in total. The predicted molar refractivity (Wildman–Crippen MR) is 111 cm³/mol. The summed E-state index contributed by atoms with van der Waals surface area (Å²) in [5, 5.41) is 2.55. The Bertz CT molecular complexity index is 1140. The molecular weight excluding hydrogens is 447 g/mol. The van der Waals surface area contributed by atoms with Crippen molar-refractivity contribution >= 4 is 11.6 Å². The Kier molecular flexibility index (Phi) is 6.92. The number of nitrogens with two attached hydrogens (primary N) is 1. The van der Waals surface area contributed by atoms with E-state index in [1.54, 1.807) is 19.2 Å². The second kappa shape index (κ2) is 9.34. The molecule has 0 fully saturated rings. The fourth-order valence-corrected chi connectivity index (χ4v) is 3.24. The number of ether oxygens (including phenoxy) is 1. The van der Waals surface area contributed by atoms with Crippen LogP contribution in [0.2, 0.25) is 0 Å². The molecule has 2 heterocycles. The fraction of sp³-hybridized carbons (Fsp3) is 0.364. The molecule has 1 aromatic carbocycles. The second-order valence-corrected chi connectivity index (χ2v) is 8.05. The van der Waals surface area contributed by atoms with Crippen molar-refractivity contribution in [2.45, 2.75) is 45.0 Å². The zero-order valence-electron chi connectivity index (χ0n) is 18.0. The van der Waals surface area contributed by atoms with E-state index in [1.807, 2.05) is 0 Å². The summed E-state index contributed by atoms with van der Waals surface area (Å²) in [5.41, 5.74) is 5.09. The number of carbonyl (C=O) groups excluding carboxylic acids is 1. The Labute approximate surface area is 186 Å². The number of pyridine rings is 1. The summed E-state index contributed by atoms with van der Waals surface area (Å²) >= 11 is 0. The number of benzene rings is 1. The lowest BCUT2D eigenvalue weighted by Crippen LogP contribution is -2.48. The number of nitrogens with one attached hydrogen (secondary N) is 1. The van der Waals surface area contributed by atoms with Crippen molar-refractivity contribution in [3.05, 3.63) is 65.1 Å². The van der Waals surface area contributed by atoms with Crippen LogP contribution in [0.3, 0.4) is 0 Å². The predicted octanol–water partition coefficient (Wildman–Crippen LogP) is 4.29. The Morgan fingerprint density at radius 3 is 2.45 bits per heavy atom. The Morgan fingerprint density at radius 2 is 1.82 bits per heavy atom. The maximum atomic E-state index is 13.9. The van der Waals surface area contributed by atoms with E-state index < -0.39 is 42.3 Å². The highest BCUT2D eigenvalue weighted by Crippen LogP contribution is 2.26. The van der Waals surface area contributed by atoms with Crippen LogP contribution in [0.15, 0.2) is 36.5 Å². The van der Waals surface area contributed by atoms with Crippen LogP contribution in [0.25, 0.3) is 5.65 Å². The number of carbonyl (C=O) groups is 1. The van der Waals surface area contributed by atoms with Gasteiger partial charge in [-0.1, -0.05) is 6.07 Å². The summed E-state index contributed by atoms with van der Waals surface area (Å²) in [6.45, 7) is 2.43. The molecule has 0 aliphatic rings. The van der Waals surface area contributed by atoms with Crippen LogP contribution in [-0.4, -0.2) is 33.6 Å². The van der Waals surface area contributed by atoms with E-state index in [0.29, 0.717) is 5.69 Å². The van der Waals surface area contributed by atoms with Gasteiger partial charge in [0.2, 0.25) is 0 Å². The zero-order chi connectivity index (χ0) is 24.4. The molecule has 2 aromatic heterocycles. The minimum Gasteiger partial charge on any atom is -0.485 e. The van der Waals surface area contributed by atoms with Crippen molar-refractivity contribution in [1.82, 2.24) is 14.7 Å². The molecule has 0 saturated heterocycles. The first-order chi connectivity index (χ1) is 15.4. The number of nitrogens with zero attached hydrogens (tertiary/aromatic N) is 2. The van der Waals surface area contributed by atoms with E-state index in [1.165, 1.54) is 23.5 Å². The van der Waals surface area contributed by atoms with Gasteiger partial charge in [-0.15, -0.1) is 0 Å². The molecule has 0 aliphatic carbocycles. The summed E-state index contributed by atoms with van der Waals surface area (Å²) in [6.07, 6.45) is -4.21. The number of hydrogen-bond acceptors (Lipinski definition) is 4.